The van der Waals surface area contributed by atoms with Crippen LogP contribution in [0.4, 0.5) is 16.4 Å². The lowest BCUT2D eigenvalue weighted by atomic mass is 10.1. The van der Waals surface area contributed by atoms with Gasteiger partial charge in [-0.2, -0.15) is 0 Å². The molecule has 0 spiro atoms. The predicted octanol–water partition coefficient (Wildman–Crippen LogP) is 3.29. The van der Waals surface area contributed by atoms with Gasteiger partial charge in [0.05, 0.1) is 29.7 Å². The molecule has 12 nitrogen and oxygen atoms in total. The van der Waals surface area contributed by atoms with Crippen molar-refractivity contribution in [3.05, 3.63) is 71.4 Å². The van der Waals surface area contributed by atoms with Crippen LogP contribution >= 0.6 is 0 Å². The molecule has 4 aromatic heterocycles. The maximum atomic E-state index is 13.7. The Morgan fingerprint density at radius 2 is 2.05 bits per heavy atom. The van der Waals surface area contributed by atoms with Crippen LogP contribution in [0, 0.1) is 6.92 Å². The van der Waals surface area contributed by atoms with Crippen molar-refractivity contribution < 1.29 is 14.3 Å². The number of hydrogen-bond acceptors (Lipinski definition) is 9. The smallest absolute Gasteiger partial charge is 0.407 e. The second kappa shape index (κ2) is 10.5. The molecule has 0 bridgehead atoms. The van der Waals surface area contributed by atoms with Gasteiger partial charge in [0.25, 0.3) is 5.91 Å². The van der Waals surface area contributed by atoms with Crippen molar-refractivity contribution in [2.75, 3.05) is 23.9 Å². The second-order valence-corrected chi connectivity index (χ2v) is 9.44. The number of amides is 2. The number of aromatic nitrogens is 6. The monoisotopic (exact) mass is 527 g/mol. The number of aryl methyl sites for hydroxylation is 1. The maximum Gasteiger partial charge on any atom is 0.407 e. The molecule has 1 aliphatic rings. The van der Waals surface area contributed by atoms with E-state index in [2.05, 4.69) is 20.5 Å². The van der Waals surface area contributed by atoms with E-state index in [1.807, 2.05) is 55.5 Å². The molecule has 0 unspecified atom stereocenters. The molecule has 0 aliphatic carbocycles. The van der Waals surface area contributed by atoms with Crippen LogP contribution in [0.5, 0.6) is 0 Å². The maximum absolute atomic E-state index is 13.7. The molecule has 1 aliphatic heterocycles. The van der Waals surface area contributed by atoms with Crippen molar-refractivity contribution in [2.24, 2.45) is 0 Å². The van der Waals surface area contributed by atoms with Gasteiger partial charge in [-0.05, 0) is 50.6 Å². The van der Waals surface area contributed by atoms with E-state index in [1.54, 1.807) is 35.8 Å². The molecule has 0 saturated carbocycles. The summed E-state index contributed by atoms with van der Waals surface area (Å²) in [6.45, 7) is 6.22. The molecule has 12 heteroatoms. The minimum Gasteiger partial charge on any atom is -0.443 e. The Balaban J connectivity index is 1.51. The Morgan fingerprint density at radius 3 is 2.79 bits per heavy atom. The van der Waals surface area contributed by atoms with Gasteiger partial charge in [0.2, 0.25) is 0 Å². The highest BCUT2D eigenvalue weighted by Gasteiger charge is 2.34. The van der Waals surface area contributed by atoms with Crippen molar-refractivity contribution in [1.82, 2.24) is 35.0 Å². The van der Waals surface area contributed by atoms with Gasteiger partial charge >= 0.3 is 6.09 Å². The summed E-state index contributed by atoms with van der Waals surface area (Å²) in [4.78, 5) is 42.8. The topological polar surface area (TPSA) is 131 Å². The fraction of sp³-hybridized carbons (Fsp3) is 0.296. The fourth-order valence-electron chi connectivity index (χ4n) is 4.30. The Bertz CT molecular complexity index is 1550. The third kappa shape index (κ3) is 4.88. The molecular weight excluding hydrogens is 498 g/mol. The number of carbonyl (C=O) groups is 2. The molecule has 39 heavy (non-hydrogen) atoms. The van der Waals surface area contributed by atoms with Crippen LogP contribution in [-0.4, -0.2) is 61.9 Å². The van der Waals surface area contributed by atoms with Crippen LogP contribution in [0.1, 0.15) is 41.0 Å². The summed E-state index contributed by atoms with van der Waals surface area (Å²) in [5.74, 6) is 1.40. The number of fused-ring (bicyclic) bond motifs is 1. The number of alkyl carbamates (subject to hydrolysis) is 1. The van der Waals surface area contributed by atoms with Gasteiger partial charge < -0.3 is 15.0 Å². The molecule has 4 aromatic rings. The van der Waals surface area contributed by atoms with Gasteiger partial charge in [-0.15, -0.1) is 10.2 Å². The third-order valence-electron chi connectivity index (χ3n) is 6.73. The lowest BCUT2D eigenvalue weighted by Gasteiger charge is -2.23. The van der Waals surface area contributed by atoms with Crippen LogP contribution in [-0.2, 0) is 17.9 Å². The zero-order valence-corrected chi connectivity index (χ0v) is 22.4. The van der Waals surface area contributed by atoms with Crippen LogP contribution in [0.3, 0.4) is 0 Å². The first kappa shape index (κ1) is 25.8. The molecule has 5 heterocycles. The molecule has 0 atom stereocenters. The van der Waals surface area contributed by atoms with Crippen LogP contribution < -0.4 is 15.1 Å². The number of pyridine rings is 3. The minimum absolute atomic E-state index is 0.0655. The summed E-state index contributed by atoms with van der Waals surface area (Å²) >= 11 is 0. The lowest BCUT2D eigenvalue weighted by molar-refractivity contribution is 0.0996. The van der Waals surface area contributed by atoms with E-state index >= 15 is 0 Å². The standard InChI is InChI=1S/C27H29N9O3/c1-16(2)34(5)24-11-18-19(21(32-24)14-39-27(38)28-4)13-35(26(18)37)23-8-6-7-20(31-23)25-33-30-15-36(25)22-12-29-10-9-17(22)3/h6-12,15-16H,13-14H2,1-5H3,(H,28,38). The van der Waals surface area contributed by atoms with E-state index in [-0.39, 0.29) is 25.1 Å². The predicted molar refractivity (Wildman–Crippen MR) is 145 cm³/mol. The van der Waals surface area contributed by atoms with E-state index in [4.69, 9.17) is 14.7 Å². The number of nitrogens with zero attached hydrogens (tertiary/aromatic N) is 8. The van der Waals surface area contributed by atoms with Crippen LogP contribution in [0.15, 0.2) is 49.1 Å². The summed E-state index contributed by atoms with van der Waals surface area (Å²) in [5, 5.41) is 10.8. The first-order valence-electron chi connectivity index (χ1n) is 12.5. The SMILES string of the molecule is CNC(=O)OCc1nc(N(C)C(C)C)cc2c1CN(c1cccc(-c3nncn3-c3cnccc3C)n1)C2=O. The number of anilines is 2. The lowest BCUT2D eigenvalue weighted by Crippen LogP contribution is -2.27. The Labute approximate surface area is 225 Å². The Morgan fingerprint density at radius 1 is 1.23 bits per heavy atom. The highest BCUT2D eigenvalue weighted by molar-refractivity contribution is 6.10. The molecule has 5 rings (SSSR count). The van der Waals surface area contributed by atoms with Crippen molar-refractivity contribution in [3.63, 3.8) is 0 Å². The molecular formula is C27H29N9O3. The van der Waals surface area contributed by atoms with Crippen molar-refractivity contribution in [3.8, 4) is 17.2 Å². The van der Waals surface area contributed by atoms with E-state index in [9.17, 15) is 9.59 Å². The summed E-state index contributed by atoms with van der Waals surface area (Å²) in [7, 11) is 3.40. The highest BCUT2D eigenvalue weighted by Crippen LogP contribution is 2.33. The average Bonchev–Trinajstić information content (AvgIpc) is 3.56. The zero-order chi connectivity index (χ0) is 27.7. The van der Waals surface area contributed by atoms with E-state index in [0.29, 0.717) is 40.0 Å². The fourth-order valence-corrected chi connectivity index (χ4v) is 4.30. The summed E-state index contributed by atoms with van der Waals surface area (Å²) in [6.07, 6.45) is 4.51. The molecule has 200 valence electrons. The third-order valence-corrected chi connectivity index (χ3v) is 6.73. The normalized spacial score (nSPS) is 12.6. The Hall–Kier alpha value is -4.87. The van der Waals surface area contributed by atoms with E-state index in [1.165, 1.54) is 7.05 Å². The highest BCUT2D eigenvalue weighted by atomic mass is 16.5. The first-order chi connectivity index (χ1) is 18.8. The molecule has 0 saturated heterocycles. The minimum atomic E-state index is -0.573. The van der Waals surface area contributed by atoms with Crippen molar-refractivity contribution >= 4 is 23.6 Å². The van der Waals surface area contributed by atoms with Crippen molar-refractivity contribution in [1.29, 1.82) is 0 Å². The summed E-state index contributed by atoms with van der Waals surface area (Å²) < 4.78 is 7.13. The van der Waals surface area contributed by atoms with E-state index in [0.717, 1.165) is 11.3 Å². The molecule has 1 N–H and O–H groups in total. The number of carbonyl (C=O) groups excluding carboxylic acids is 2. The molecule has 2 amide bonds. The number of ether oxygens (including phenoxy) is 1. The van der Waals surface area contributed by atoms with Gasteiger partial charge in [0.1, 0.15) is 30.3 Å². The van der Waals surface area contributed by atoms with Crippen LogP contribution in [0.25, 0.3) is 17.2 Å². The summed E-state index contributed by atoms with van der Waals surface area (Å²) in [6, 6.07) is 9.27. The largest absolute Gasteiger partial charge is 0.443 e. The Kier molecular flexibility index (Phi) is 6.92. The summed E-state index contributed by atoms with van der Waals surface area (Å²) in [5.41, 5.74) is 4.13. The van der Waals surface area contributed by atoms with E-state index < -0.39 is 6.09 Å². The molecule has 0 fully saturated rings. The van der Waals surface area contributed by atoms with Gasteiger partial charge in [0, 0.05) is 31.9 Å². The number of hydrogen-bond donors (Lipinski definition) is 1. The van der Waals surface area contributed by atoms with Gasteiger partial charge in [-0.3, -0.25) is 19.2 Å². The molecule has 0 aromatic carbocycles. The second-order valence-electron chi connectivity index (χ2n) is 9.44. The average molecular weight is 528 g/mol. The van der Waals surface area contributed by atoms with Crippen molar-refractivity contribution in [2.45, 2.75) is 40.0 Å². The quantitative estimate of drug-likeness (QED) is 0.385. The van der Waals surface area contributed by atoms with Gasteiger partial charge in [0.15, 0.2) is 5.82 Å². The van der Waals surface area contributed by atoms with Gasteiger partial charge in [-0.25, -0.2) is 14.8 Å². The molecule has 0 radical (unpaired) electrons. The number of rotatable bonds is 7. The number of nitrogens with one attached hydrogen (secondary N) is 1. The van der Waals surface area contributed by atoms with Gasteiger partial charge in [-0.1, -0.05) is 6.07 Å². The first-order valence-corrected chi connectivity index (χ1v) is 12.5. The van der Waals surface area contributed by atoms with Crippen LogP contribution in [0.2, 0.25) is 0 Å². The zero-order valence-electron chi connectivity index (χ0n) is 22.4.